The standard InChI is InChI=1S/C12H18ClN3/c1-2-10-4-3-6-16(7-5-10)12-8-11(13)14-9-15-12/h8-10H,2-7H2,1H3. The van der Waals surface area contributed by atoms with Crippen molar-refractivity contribution in [2.75, 3.05) is 18.0 Å². The summed E-state index contributed by atoms with van der Waals surface area (Å²) >= 11 is 5.88. The van der Waals surface area contributed by atoms with Crippen molar-refractivity contribution in [2.45, 2.75) is 32.6 Å². The van der Waals surface area contributed by atoms with Crippen molar-refractivity contribution in [2.24, 2.45) is 5.92 Å². The van der Waals surface area contributed by atoms with E-state index in [1.54, 1.807) is 6.33 Å². The summed E-state index contributed by atoms with van der Waals surface area (Å²) in [5.41, 5.74) is 0. The Labute approximate surface area is 102 Å². The third kappa shape index (κ3) is 2.85. The molecule has 1 aliphatic heterocycles. The Balaban J connectivity index is 2.04. The molecule has 1 unspecified atom stereocenters. The summed E-state index contributed by atoms with van der Waals surface area (Å²) in [7, 11) is 0. The largest absolute Gasteiger partial charge is 0.356 e. The fraction of sp³-hybridized carbons (Fsp3) is 0.667. The van der Waals surface area contributed by atoms with Crippen LogP contribution in [0.2, 0.25) is 5.15 Å². The first kappa shape index (κ1) is 11.6. The first-order chi connectivity index (χ1) is 7.79. The zero-order chi connectivity index (χ0) is 11.4. The second-order valence-corrected chi connectivity index (χ2v) is 4.78. The molecule has 2 heterocycles. The Morgan fingerprint density at radius 2 is 2.25 bits per heavy atom. The molecule has 0 aliphatic carbocycles. The maximum atomic E-state index is 5.88. The Kier molecular flexibility index (Phi) is 3.99. The van der Waals surface area contributed by atoms with Crippen molar-refractivity contribution in [1.29, 1.82) is 0 Å². The monoisotopic (exact) mass is 239 g/mol. The van der Waals surface area contributed by atoms with Gasteiger partial charge in [-0.2, -0.15) is 0 Å². The van der Waals surface area contributed by atoms with Gasteiger partial charge in [0, 0.05) is 19.2 Å². The Morgan fingerprint density at radius 1 is 1.38 bits per heavy atom. The lowest BCUT2D eigenvalue weighted by Crippen LogP contribution is -2.25. The maximum absolute atomic E-state index is 5.88. The van der Waals surface area contributed by atoms with Crippen LogP contribution >= 0.6 is 11.6 Å². The highest BCUT2D eigenvalue weighted by molar-refractivity contribution is 6.29. The van der Waals surface area contributed by atoms with Crippen LogP contribution in [0, 0.1) is 5.92 Å². The molecule has 0 bridgehead atoms. The second-order valence-electron chi connectivity index (χ2n) is 4.39. The summed E-state index contributed by atoms with van der Waals surface area (Å²) in [6, 6.07) is 1.85. The second kappa shape index (κ2) is 5.48. The highest BCUT2D eigenvalue weighted by Crippen LogP contribution is 2.23. The van der Waals surface area contributed by atoms with Gasteiger partial charge in [0.25, 0.3) is 0 Å². The Morgan fingerprint density at radius 3 is 3.00 bits per heavy atom. The van der Waals surface area contributed by atoms with Gasteiger partial charge < -0.3 is 4.90 Å². The zero-order valence-corrected chi connectivity index (χ0v) is 10.5. The average molecular weight is 240 g/mol. The third-order valence-electron chi connectivity index (χ3n) is 3.37. The van der Waals surface area contributed by atoms with E-state index in [9.17, 15) is 0 Å². The molecular formula is C12H18ClN3. The molecule has 1 fully saturated rings. The van der Waals surface area contributed by atoms with Crippen LogP contribution in [0.15, 0.2) is 12.4 Å². The minimum Gasteiger partial charge on any atom is -0.356 e. The Hall–Kier alpha value is -0.830. The Bertz CT molecular complexity index is 343. The van der Waals surface area contributed by atoms with Crippen LogP contribution in [0.1, 0.15) is 32.6 Å². The summed E-state index contributed by atoms with van der Waals surface area (Å²) in [5.74, 6) is 1.85. The van der Waals surface area contributed by atoms with Gasteiger partial charge in [0.1, 0.15) is 17.3 Å². The summed E-state index contributed by atoms with van der Waals surface area (Å²) in [5, 5.41) is 0.529. The molecule has 1 atom stereocenters. The number of nitrogens with zero attached hydrogens (tertiary/aromatic N) is 3. The van der Waals surface area contributed by atoms with E-state index in [1.807, 2.05) is 6.07 Å². The number of rotatable bonds is 2. The average Bonchev–Trinajstić information content (AvgIpc) is 2.54. The van der Waals surface area contributed by atoms with E-state index < -0.39 is 0 Å². The first-order valence-corrected chi connectivity index (χ1v) is 6.40. The van der Waals surface area contributed by atoms with Crippen molar-refractivity contribution < 1.29 is 0 Å². The van der Waals surface area contributed by atoms with Crippen molar-refractivity contribution in [3.8, 4) is 0 Å². The predicted octanol–water partition coefficient (Wildman–Crippen LogP) is 3.15. The number of halogens is 1. The molecule has 1 saturated heterocycles. The summed E-state index contributed by atoms with van der Waals surface area (Å²) in [6.45, 7) is 4.46. The van der Waals surface area contributed by atoms with Crippen LogP contribution in [0.5, 0.6) is 0 Å². The summed E-state index contributed by atoms with van der Waals surface area (Å²) in [6.07, 6.45) is 6.68. The molecule has 2 rings (SSSR count). The maximum Gasteiger partial charge on any atom is 0.134 e. The molecular weight excluding hydrogens is 222 g/mol. The quantitative estimate of drug-likeness (QED) is 0.743. The predicted molar refractivity (Wildman–Crippen MR) is 66.9 cm³/mol. The van der Waals surface area contributed by atoms with Gasteiger partial charge in [0.05, 0.1) is 0 Å². The molecule has 3 nitrogen and oxygen atoms in total. The smallest absolute Gasteiger partial charge is 0.134 e. The molecule has 1 aromatic rings. The molecule has 0 spiro atoms. The SMILES string of the molecule is CCC1CCCN(c2cc(Cl)ncn2)CC1. The van der Waals surface area contributed by atoms with Gasteiger partial charge in [-0.25, -0.2) is 9.97 Å². The summed E-state index contributed by atoms with van der Waals surface area (Å²) in [4.78, 5) is 10.5. The van der Waals surface area contributed by atoms with Crippen LogP contribution in [0.25, 0.3) is 0 Å². The van der Waals surface area contributed by atoms with E-state index in [-0.39, 0.29) is 0 Å². The fourth-order valence-corrected chi connectivity index (χ4v) is 2.44. The zero-order valence-electron chi connectivity index (χ0n) is 9.69. The van der Waals surface area contributed by atoms with Gasteiger partial charge in [-0.3, -0.25) is 0 Å². The van der Waals surface area contributed by atoms with Gasteiger partial charge in [-0.15, -0.1) is 0 Å². The molecule has 88 valence electrons. The molecule has 0 N–H and O–H groups in total. The van der Waals surface area contributed by atoms with E-state index in [0.717, 1.165) is 24.8 Å². The highest BCUT2D eigenvalue weighted by atomic mass is 35.5. The lowest BCUT2D eigenvalue weighted by Gasteiger charge is -2.21. The van der Waals surface area contributed by atoms with Gasteiger partial charge in [-0.1, -0.05) is 24.9 Å². The van der Waals surface area contributed by atoms with Crippen molar-refractivity contribution >= 4 is 17.4 Å². The molecule has 0 aromatic carbocycles. The van der Waals surface area contributed by atoms with Crippen molar-refractivity contribution in [3.05, 3.63) is 17.5 Å². The summed E-state index contributed by atoms with van der Waals surface area (Å²) < 4.78 is 0. The highest BCUT2D eigenvalue weighted by Gasteiger charge is 2.16. The molecule has 16 heavy (non-hydrogen) atoms. The van der Waals surface area contributed by atoms with E-state index >= 15 is 0 Å². The van der Waals surface area contributed by atoms with E-state index in [1.165, 1.54) is 25.7 Å². The molecule has 0 saturated carbocycles. The molecule has 0 amide bonds. The molecule has 0 radical (unpaired) electrons. The van der Waals surface area contributed by atoms with Gasteiger partial charge >= 0.3 is 0 Å². The van der Waals surface area contributed by atoms with Gasteiger partial charge in [0.2, 0.25) is 0 Å². The van der Waals surface area contributed by atoms with E-state index in [4.69, 9.17) is 11.6 Å². The lowest BCUT2D eigenvalue weighted by atomic mass is 9.98. The van der Waals surface area contributed by atoms with Gasteiger partial charge in [-0.05, 0) is 25.2 Å². The fourth-order valence-electron chi connectivity index (χ4n) is 2.30. The van der Waals surface area contributed by atoms with E-state index in [0.29, 0.717) is 5.15 Å². The number of hydrogen-bond acceptors (Lipinski definition) is 3. The molecule has 1 aromatic heterocycles. The van der Waals surface area contributed by atoms with Crippen LogP contribution in [0.4, 0.5) is 5.82 Å². The molecule has 1 aliphatic rings. The normalized spacial score (nSPS) is 21.9. The number of aromatic nitrogens is 2. The minimum atomic E-state index is 0.529. The van der Waals surface area contributed by atoms with E-state index in [2.05, 4.69) is 21.8 Å². The third-order valence-corrected chi connectivity index (χ3v) is 3.57. The van der Waals surface area contributed by atoms with Crippen LogP contribution in [-0.2, 0) is 0 Å². The van der Waals surface area contributed by atoms with Crippen LogP contribution in [0.3, 0.4) is 0 Å². The minimum absolute atomic E-state index is 0.529. The van der Waals surface area contributed by atoms with Crippen molar-refractivity contribution in [1.82, 2.24) is 9.97 Å². The topological polar surface area (TPSA) is 29.0 Å². The number of anilines is 1. The lowest BCUT2D eigenvalue weighted by molar-refractivity contribution is 0.459. The van der Waals surface area contributed by atoms with Crippen LogP contribution in [-0.4, -0.2) is 23.1 Å². The first-order valence-electron chi connectivity index (χ1n) is 6.02. The molecule has 4 heteroatoms. The van der Waals surface area contributed by atoms with Gasteiger partial charge in [0.15, 0.2) is 0 Å². The van der Waals surface area contributed by atoms with Crippen LogP contribution < -0.4 is 4.90 Å². The van der Waals surface area contributed by atoms with Crippen molar-refractivity contribution in [3.63, 3.8) is 0 Å². The number of hydrogen-bond donors (Lipinski definition) is 0.